The zero-order valence-electron chi connectivity index (χ0n) is 15.5. The number of carbonyl (C=O) groups is 2. The molecule has 140 valence electrons. The van der Waals surface area contributed by atoms with Crippen LogP contribution in [0.1, 0.15) is 56.7 Å². The summed E-state index contributed by atoms with van der Waals surface area (Å²) in [6.07, 6.45) is 9.46. The molecule has 5 aliphatic rings. The number of hydrogen-bond donors (Lipinski definition) is 1. The lowest BCUT2D eigenvalue weighted by atomic mass is 9.49. The first-order chi connectivity index (χ1) is 12.6. The second-order valence-corrected chi connectivity index (χ2v) is 9.18. The normalized spacial score (nSPS) is 37.5. The topological polar surface area (TPSA) is 67.2 Å². The molecule has 0 saturated heterocycles. The fourth-order valence-electron chi connectivity index (χ4n) is 6.72. The van der Waals surface area contributed by atoms with Crippen LogP contribution in [-0.2, 0) is 16.1 Å². The highest BCUT2D eigenvalue weighted by Crippen LogP contribution is 2.60. The number of rotatable bonds is 3. The molecule has 26 heavy (non-hydrogen) atoms. The molecule has 1 aromatic heterocycles. The van der Waals surface area contributed by atoms with Crippen molar-refractivity contribution in [3.63, 3.8) is 0 Å². The van der Waals surface area contributed by atoms with Crippen molar-refractivity contribution >= 4 is 11.8 Å². The Hall–Kier alpha value is -1.85. The molecule has 1 aliphatic heterocycles. The Kier molecular flexibility index (Phi) is 3.66. The average Bonchev–Trinajstić information content (AvgIpc) is 3.08. The van der Waals surface area contributed by atoms with Crippen LogP contribution in [0.2, 0.25) is 0 Å². The van der Waals surface area contributed by atoms with Crippen molar-refractivity contribution in [2.24, 2.45) is 23.2 Å². The monoisotopic (exact) mass is 356 g/mol. The number of nitrogens with one attached hydrogen (secondary N) is 1. The van der Waals surface area contributed by atoms with E-state index in [-0.39, 0.29) is 17.4 Å². The maximum atomic E-state index is 13.7. The largest absolute Gasteiger partial charge is 0.359 e. The summed E-state index contributed by atoms with van der Waals surface area (Å²) < 4.78 is 1.94. The SMILES string of the molecule is CNC(=O)C[C@H]1CN(C(=O)C23CC4CC(CC(C4)C2)C3)Cc2ccnn21. The number of aromatic nitrogens is 2. The molecule has 4 saturated carbocycles. The van der Waals surface area contributed by atoms with Gasteiger partial charge < -0.3 is 10.2 Å². The first-order valence-corrected chi connectivity index (χ1v) is 10.1. The van der Waals surface area contributed by atoms with Crippen LogP contribution in [0.3, 0.4) is 0 Å². The van der Waals surface area contributed by atoms with Gasteiger partial charge in [-0.1, -0.05) is 0 Å². The number of fused-ring (bicyclic) bond motifs is 1. The van der Waals surface area contributed by atoms with E-state index >= 15 is 0 Å². The standard InChI is InChI=1S/C20H28N4O2/c1-21-18(25)7-17-12-23(11-16-2-3-22-24(16)17)19(26)20-8-13-4-14(9-20)6-15(5-13)10-20/h2-3,13-15,17H,4-12H2,1H3,(H,21,25)/t13?,14?,15?,17-,20?/m0/s1. The lowest BCUT2D eigenvalue weighted by Gasteiger charge is -2.57. The third-order valence-corrected chi connectivity index (χ3v) is 7.36. The maximum Gasteiger partial charge on any atom is 0.229 e. The summed E-state index contributed by atoms with van der Waals surface area (Å²) >= 11 is 0. The van der Waals surface area contributed by atoms with Crippen LogP contribution in [-0.4, -0.2) is 40.1 Å². The molecular weight excluding hydrogens is 328 g/mol. The van der Waals surface area contributed by atoms with E-state index in [4.69, 9.17) is 0 Å². The lowest BCUT2D eigenvalue weighted by molar-refractivity contribution is -0.160. The average molecular weight is 356 g/mol. The molecule has 0 aromatic carbocycles. The van der Waals surface area contributed by atoms with Gasteiger partial charge in [-0.05, 0) is 62.3 Å². The molecule has 6 nitrogen and oxygen atoms in total. The summed E-state index contributed by atoms with van der Waals surface area (Å²) in [5.74, 6) is 2.65. The summed E-state index contributed by atoms with van der Waals surface area (Å²) in [4.78, 5) is 27.7. The molecule has 6 rings (SSSR count). The van der Waals surface area contributed by atoms with Crippen molar-refractivity contribution in [1.29, 1.82) is 0 Å². The van der Waals surface area contributed by atoms with Gasteiger partial charge in [0.15, 0.2) is 0 Å². The summed E-state index contributed by atoms with van der Waals surface area (Å²) in [5.41, 5.74) is 0.928. The van der Waals surface area contributed by atoms with Gasteiger partial charge >= 0.3 is 0 Å². The smallest absolute Gasteiger partial charge is 0.229 e. The van der Waals surface area contributed by atoms with E-state index < -0.39 is 0 Å². The highest BCUT2D eigenvalue weighted by molar-refractivity contribution is 5.83. The van der Waals surface area contributed by atoms with Crippen LogP contribution in [0, 0.1) is 23.2 Å². The van der Waals surface area contributed by atoms with Crippen molar-refractivity contribution in [1.82, 2.24) is 20.0 Å². The summed E-state index contributed by atoms with van der Waals surface area (Å²) in [5, 5.41) is 7.11. The number of hydrogen-bond acceptors (Lipinski definition) is 3. The third kappa shape index (κ3) is 2.48. The van der Waals surface area contributed by atoms with Gasteiger partial charge in [0, 0.05) is 19.8 Å². The minimum Gasteiger partial charge on any atom is -0.359 e. The van der Waals surface area contributed by atoms with Gasteiger partial charge in [0.2, 0.25) is 11.8 Å². The molecule has 4 aliphatic carbocycles. The third-order valence-electron chi connectivity index (χ3n) is 7.36. The minimum atomic E-state index is -0.117. The van der Waals surface area contributed by atoms with Crippen LogP contribution in [0.25, 0.3) is 0 Å². The fourth-order valence-corrected chi connectivity index (χ4v) is 6.72. The number of nitrogens with zero attached hydrogens (tertiary/aromatic N) is 3. The Bertz CT molecular complexity index is 705. The predicted octanol–water partition coefficient (Wildman–Crippen LogP) is 2.12. The van der Waals surface area contributed by atoms with E-state index in [1.807, 2.05) is 15.6 Å². The van der Waals surface area contributed by atoms with Crippen molar-refractivity contribution in [2.75, 3.05) is 13.6 Å². The lowest BCUT2D eigenvalue weighted by Crippen LogP contribution is -2.56. The van der Waals surface area contributed by atoms with Crippen molar-refractivity contribution in [3.8, 4) is 0 Å². The van der Waals surface area contributed by atoms with Crippen LogP contribution in [0.5, 0.6) is 0 Å². The predicted molar refractivity (Wildman–Crippen MR) is 96.0 cm³/mol. The molecule has 6 heteroatoms. The second-order valence-electron chi connectivity index (χ2n) is 9.18. The van der Waals surface area contributed by atoms with Crippen molar-refractivity contribution in [2.45, 2.75) is 57.5 Å². The van der Waals surface area contributed by atoms with Crippen LogP contribution >= 0.6 is 0 Å². The maximum absolute atomic E-state index is 13.7. The molecule has 2 amide bonds. The van der Waals surface area contributed by atoms with Crippen molar-refractivity contribution in [3.05, 3.63) is 18.0 Å². The van der Waals surface area contributed by atoms with E-state index in [2.05, 4.69) is 10.4 Å². The Morgan fingerprint density at radius 1 is 1.19 bits per heavy atom. The zero-order valence-corrected chi connectivity index (χ0v) is 15.5. The molecule has 0 spiro atoms. The van der Waals surface area contributed by atoms with Crippen LogP contribution < -0.4 is 5.32 Å². The molecule has 1 atom stereocenters. The van der Waals surface area contributed by atoms with Gasteiger partial charge in [-0.15, -0.1) is 0 Å². The summed E-state index contributed by atoms with van der Waals surface area (Å²) in [6, 6.07) is 1.92. The number of carbonyl (C=O) groups excluding carboxylic acids is 2. The van der Waals surface area contributed by atoms with E-state index in [0.717, 1.165) is 42.7 Å². The van der Waals surface area contributed by atoms with E-state index in [0.29, 0.717) is 25.4 Å². The summed E-state index contributed by atoms with van der Waals surface area (Å²) in [7, 11) is 1.66. The summed E-state index contributed by atoms with van der Waals surface area (Å²) in [6.45, 7) is 1.23. The van der Waals surface area contributed by atoms with Gasteiger partial charge in [-0.2, -0.15) is 5.10 Å². The van der Waals surface area contributed by atoms with Gasteiger partial charge in [0.25, 0.3) is 0 Å². The molecule has 1 aromatic rings. The van der Waals surface area contributed by atoms with Gasteiger partial charge in [-0.25, -0.2) is 0 Å². The molecule has 1 N–H and O–H groups in total. The van der Waals surface area contributed by atoms with E-state index in [1.165, 1.54) is 19.3 Å². The first-order valence-electron chi connectivity index (χ1n) is 10.1. The molecule has 0 radical (unpaired) electrons. The highest BCUT2D eigenvalue weighted by Gasteiger charge is 2.56. The quantitative estimate of drug-likeness (QED) is 0.902. The Morgan fingerprint density at radius 3 is 2.46 bits per heavy atom. The number of amides is 2. The molecule has 2 heterocycles. The molecule has 4 fully saturated rings. The van der Waals surface area contributed by atoms with E-state index in [9.17, 15) is 9.59 Å². The second kappa shape index (κ2) is 5.83. The van der Waals surface area contributed by atoms with Crippen LogP contribution in [0.15, 0.2) is 12.3 Å². The Balaban J connectivity index is 1.40. The van der Waals surface area contributed by atoms with Gasteiger partial charge in [-0.3, -0.25) is 14.3 Å². The Morgan fingerprint density at radius 2 is 1.85 bits per heavy atom. The molecule has 0 unspecified atom stereocenters. The highest BCUT2D eigenvalue weighted by atomic mass is 16.2. The van der Waals surface area contributed by atoms with Crippen molar-refractivity contribution < 1.29 is 9.59 Å². The zero-order chi connectivity index (χ0) is 17.9. The minimum absolute atomic E-state index is 0.000512. The fraction of sp³-hybridized carbons (Fsp3) is 0.750. The molecule has 4 bridgehead atoms. The van der Waals surface area contributed by atoms with E-state index in [1.54, 1.807) is 13.2 Å². The van der Waals surface area contributed by atoms with Gasteiger partial charge in [0.05, 0.1) is 30.1 Å². The molecular formula is C20H28N4O2. The Labute approximate surface area is 154 Å². The first kappa shape index (κ1) is 16.3. The van der Waals surface area contributed by atoms with Crippen LogP contribution in [0.4, 0.5) is 0 Å². The van der Waals surface area contributed by atoms with Gasteiger partial charge in [0.1, 0.15) is 0 Å².